The highest BCUT2D eigenvalue weighted by Gasteiger charge is 2.44. The SMILES string of the molecule is CCCCC[C@H](O)/C=C/[C@@H]1[C@H]2C/C(=C/COCC(=O)N3CCCCC3)C[C@H]2C[C@H]1O. The van der Waals surface area contributed by atoms with Crippen molar-refractivity contribution in [3.8, 4) is 0 Å². The zero-order valence-electron chi connectivity index (χ0n) is 18.7. The van der Waals surface area contributed by atoms with Crippen LogP contribution < -0.4 is 0 Å². The molecule has 1 amide bonds. The number of nitrogens with zero attached hydrogens (tertiary/aromatic N) is 1. The summed E-state index contributed by atoms with van der Waals surface area (Å²) in [6, 6.07) is 0. The lowest BCUT2D eigenvalue weighted by molar-refractivity contribution is -0.136. The summed E-state index contributed by atoms with van der Waals surface area (Å²) in [6.07, 6.45) is 15.9. The van der Waals surface area contributed by atoms with Crippen LogP contribution >= 0.6 is 0 Å². The van der Waals surface area contributed by atoms with Crippen LogP contribution in [-0.4, -0.2) is 59.5 Å². The van der Waals surface area contributed by atoms with Crippen LogP contribution in [0.4, 0.5) is 0 Å². The number of carbonyl (C=O) groups is 1. The quantitative estimate of drug-likeness (QED) is 0.417. The maximum atomic E-state index is 12.2. The molecule has 1 aliphatic heterocycles. The molecule has 5 nitrogen and oxygen atoms in total. The highest BCUT2D eigenvalue weighted by molar-refractivity contribution is 5.77. The Hall–Kier alpha value is -1.17. The van der Waals surface area contributed by atoms with Crippen molar-refractivity contribution in [1.29, 1.82) is 0 Å². The molecule has 3 rings (SSSR count). The number of piperidine rings is 1. The second kappa shape index (κ2) is 12.0. The van der Waals surface area contributed by atoms with Gasteiger partial charge in [-0.05, 0) is 56.8 Å². The van der Waals surface area contributed by atoms with Gasteiger partial charge in [-0.25, -0.2) is 0 Å². The molecule has 0 spiro atoms. The van der Waals surface area contributed by atoms with Crippen LogP contribution in [0.5, 0.6) is 0 Å². The number of ether oxygens (including phenoxy) is 1. The van der Waals surface area contributed by atoms with Crippen molar-refractivity contribution in [2.45, 2.75) is 83.3 Å². The molecule has 2 saturated carbocycles. The van der Waals surface area contributed by atoms with Gasteiger partial charge < -0.3 is 19.8 Å². The number of allylic oxidation sites excluding steroid dienone is 1. The van der Waals surface area contributed by atoms with E-state index in [0.29, 0.717) is 18.4 Å². The third kappa shape index (κ3) is 6.66. The molecule has 2 aliphatic carbocycles. The molecule has 5 heteroatoms. The summed E-state index contributed by atoms with van der Waals surface area (Å²) in [6.45, 7) is 4.58. The molecule has 1 saturated heterocycles. The molecule has 3 fully saturated rings. The zero-order valence-corrected chi connectivity index (χ0v) is 18.7. The first-order valence-corrected chi connectivity index (χ1v) is 12.2. The van der Waals surface area contributed by atoms with Crippen molar-refractivity contribution >= 4 is 5.91 Å². The molecule has 0 unspecified atom stereocenters. The topological polar surface area (TPSA) is 70.0 Å². The van der Waals surface area contributed by atoms with Crippen molar-refractivity contribution in [3.05, 3.63) is 23.8 Å². The predicted molar refractivity (Wildman–Crippen MR) is 119 cm³/mol. The Balaban J connectivity index is 1.41. The Morgan fingerprint density at radius 2 is 2.03 bits per heavy atom. The van der Waals surface area contributed by atoms with Gasteiger partial charge in [0.1, 0.15) is 6.61 Å². The third-order valence-corrected chi connectivity index (χ3v) is 7.19. The number of fused-ring (bicyclic) bond motifs is 1. The molecule has 5 atom stereocenters. The molecule has 170 valence electrons. The lowest BCUT2D eigenvalue weighted by atomic mass is 9.90. The van der Waals surface area contributed by atoms with Crippen LogP contribution in [0.25, 0.3) is 0 Å². The van der Waals surface area contributed by atoms with Gasteiger partial charge in [0.05, 0.1) is 18.8 Å². The van der Waals surface area contributed by atoms with Crippen LogP contribution in [-0.2, 0) is 9.53 Å². The molecule has 0 bridgehead atoms. The van der Waals surface area contributed by atoms with E-state index in [4.69, 9.17) is 4.74 Å². The molecule has 1 heterocycles. The van der Waals surface area contributed by atoms with Gasteiger partial charge in [0, 0.05) is 19.0 Å². The highest BCUT2D eigenvalue weighted by atomic mass is 16.5. The van der Waals surface area contributed by atoms with Crippen LogP contribution in [0.2, 0.25) is 0 Å². The van der Waals surface area contributed by atoms with E-state index in [1.807, 2.05) is 11.0 Å². The lowest BCUT2D eigenvalue weighted by Crippen LogP contribution is -2.38. The molecule has 0 aromatic carbocycles. The summed E-state index contributed by atoms with van der Waals surface area (Å²) < 4.78 is 5.64. The lowest BCUT2D eigenvalue weighted by Gasteiger charge is -2.26. The Kier molecular flexibility index (Phi) is 9.41. The van der Waals surface area contributed by atoms with Crippen molar-refractivity contribution in [2.75, 3.05) is 26.3 Å². The largest absolute Gasteiger partial charge is 0.392 e. The molecule has 0 aromatic heterocycles. The highest BCUT2D eigenvalue weighted by Crippen LogP contribution is 2.50. The zero-order chi connectivity index (χ0) is 21.3. The second-order valence-electron chi connectivity index (χ2n) is 9.48. The minimum absolute atomic E-state index is 0.113. The summed E-state index contributed by atoms with van der Waals surface area (Å²) >= 11 is 0. The van der Waals surface area contributed by atoms with Crippen LogP contribution in [0, 0.1) is 17.8 Å². The molecule has 0 radical (unpaired) electrons. The van der Waals surface area contributed by atoms with Gasteiger partial charge in [-0.3, -0.25) is 4.79 Å². The molecule has 3 aliphatic rings. The number of aliphatic hydroxyl groups excluding tert-OH is 2. The Labute approximate surface area is 182 Å². The average Bonchev–Trinajstić information content (AvgIpc) is 3.26. The van der Waals surface area contributed by atoms with Gasteiger partial charge >= 0.3 is 0 Å². The van der Waals surface area contributed by atoms with Crippen molar-refractivity contribution < 1.29 is 19.7 Å². The Morgan fingerprint density at radius 3 is 2.80 bits per heavy atom. The van der Waals surface area contributed by atoms with E-state index in [2.05, 4.69) is 19.1 Å². The predicted octanol–water partition coefficient (Wildman–Crippen LogP) is 3.85. The Bertz CT molecular complexity index is 596. The third-order valence-electron chi connectivity index (χ3n) is 7.19. The van der Waals surface area contributed by atoms with Gasteiger partial charge in [-0.1, -0.05) is 50.0 Å². The van der Waals surface area contributed by atoms with Crippen molar-refractivity contribution in [3.63, 3.8) is 0 Å². The minimum Gasteiger partial charge on any atom is -0.392 e. The van der Waals surface area contributed by atoms with Gasteiger partial charge in [-0.2, -0.15) is 0 Å². The first-order chi connectivity index (χ1) is 14.6. The van der Waals surface area contributed by atoms with Gasteiger partial charge in [-0.15, -0.1) is 0 Å². The number of aliphatic hydroxyl groups is 2. The number of hydrogen-bond donors (Lipinski definition) is 2. The van der Waals surface area contributed by atoms with Gasteiger partial charge in [0.15, 0.2) is 0 Å². The molecular weight excluding hydrogens is 378 g/mol. The van der Waals surface area contributed by atoms with E-state index < -0.39 is 6.10 Å². The summed E-state index contributed by atoms with van der Waals surface area (Å²) in [7, 11) is 0. The van der Waals surface area contributed by atoms with Gasteiger partial charge in [0.25, 0.3) is 0 Å². The standard InChI is InChI=1S/C25H41NO4/c1-2-3-5-8-21(27)9-10-22-23-16-19(15-20(23)17-24(22)28)11-14-30-18-25(29)26-12-6-4-7-13-26/h9-11,20-24,27-28H,2-8,12-18H2,1H3/b10-9+,19-11+/t20-,21-,22+,23-,24+/m0/s1. The van der Waals surface area contributed by atoms with E-state index in [1.54, 1.807) is 0 Å². The summed E-state index contributed by atoms with van der Waals surface area (Å²) in [4.78, 5) is 14.1. The fraction of sp³-hybridized carbons (Fsp3) is 0.800. The first-order valence-electron chi connectivity index (χ1n) is 12.2. The number of hydrogen-bond acceptors (Lipinski definition) is 4. The fourth-order valence-electron chi connectivity index (χ4n) is 5.45. The maximum absolute atomic E-state index is 12.2. The first kappa shape index (κ1) is 23.5. The minimum atomic E-state index is -0.398. The van der Waals surface area contributed by atoms with Gasteiger partial charge in [0.2, 0.25) is 5.91 Å². The number of carbonyl (C=O) groups excluding carboxylic acids is 1. The monoisotopic (exact) mass is 419 g/mol. The van der Waals surface area contributed by atoms with Crippen LogP contribution in [0.3, 0.4) is 0 Å². The molecule has 2 N–H and O–H groups in total. The molecule has 0 aromatic rings. The van der Waals surface area contributed by atoms with E-state index in [1.165, 1.54) is 12.0 Å². The maximum Gasteiger partial charge on any atom is 0.248 e. The van der Waals surface area contributed by atoms with Crippen LogP contribution in [0.15, 0.2) is 23.8 Å². The molecule has 30 heavy (non-hydrogen) atoms. The van der Waals surface area contributed by atoms with E-state index in [9.17, 15) is 15.0 Å². The summed E-state index contributed by atoms with van der Waals surface area (Å²) in [5.41, 5.74) is 1.39. The normalized spacial score (nSPS) is 31.6. The van der Waals surface area contributed by atoms with Crippen molar-refractivity contribution in [1.82, 2.24) is 4.90 Å². The fourth-order valence-corrected chi connectivity index (χ4v) is 5.45. The van der Waals surface area contributed by atoms with Crippen LogP contribution in [0.1, 0.15) is 71.1 Å². The number of unbranched alkanes of at least 4 members (excludes halogenated alkanes) is 2. The Morgan fingerprint density at radius 1 is 1.23 bits per heavy atom. The van der Waals surface area contributed by atoms with Crippen molar-refractivity contribution in [2.24, 2.45) is 17.8 Å². The average molecular weight is 420 g/mol. The molecular formula is C25H41NO4. The van der Waals surface area contributed by atoms with E-state index >= 15 is 0 Å². The smallest absolute Gasteiger partial charge is 0.248 e. The number of amides is 1. The second-order valence-corrected chi connectivity index (χ2v) is 9.48. The van der Waals surface area contributed by atoms with E-state index in [0.717, 1.165) is 70.9 Å². The number of rotatable bonds is 10. The summed E-state index contributed by atoms with van der Waals surface area (Å²) in [5.74, 6) is 1.24. The van der Waals surface area contributed by atoms with E-state index in [-0.39, 0.29) is 24.5 Å². The number of likely N-dealkylation sites (tertiary alicyclic amines) is 1. The summed E-state index contributed by atoms with van der Waals surface area (Å²) in [5, 5.41) is 20.7.